The molecule has 1 unspecified atom stereocenters. The molecule has 4 heteroatoms. The number of rotatable bonds is 6. The Kier molecular flexibility index (Phi) is 4.78. The summed E-state index contributed by atoms with van der Waals surface area (Å²) >= 11 is 0. The topological polar surface area (TPSA) is 62.2 Å². The van der Waals surface area contributed by atoms with Gasteiger partial charge in [-0.15, -0.1) is 0 Å². The van der Waals surface area contributed by atoms with Crippen LogP contribution in [0.15, 0.2) is 30.3 Å². The monoisotopic (exact) mass is 286 g/mol. The number of hydrogen-bond acceptors (Lipinski definition) is 3. The lowest BCUT2D eigenvalue weighted by Gasteiger charge is -2.16. The second-order valence-electron chi connectivity index (χ2n) is 5.89. The van der Waals surface area contributed by atoms with Crippen LogP contribution in [0.25, 0.3) is 10.9 Å². The van der Waals surface area contributed by atoms with E-state index in [0.717, 1.165) is 12.2 Å². The van der Waals surface area contributed by atoms with Gasteiger partial charge in [0.25, 0.3) is 0 Å². The number of nitrogens with zero attached hydrogens (tertiary/aromatic N) is 1. The summed E-state index contributed by atoms with van der Waals surface area (Å²) in [6.07, 6.45) is 2.26. The standard InChI is InChI=1S/C17H22N2O2/c1-11(2)7-8-12(3)18-16-10-9-13-14(17(20)21)5-4-6-15(13)19-16/h4-6,9-12H,7-8H2,1-3H3,(H,18,19)(H,20,21). The van der Waals surface area contributed by atoms with Crippen molar-refractivity contribution in [3.63, 3.8) is 0 Å². The van der Waals surface area contributed by atoms with Crippen molar-refractivity contribution in [3.8, 4) is 0 Å². The Bertz CT molecular complexity index is 638. The summed E-state index contributed by atoms with van der Waals surface area (Å²) in [5.74, 6) is 0.562. The van der Waals surface area contributed by atoms with Crippen molar-refractivity contribution in [1.29, 1.82) is 0 Å². The minimum Gasteiger partial charge on any atom is -0.478 e. The van der Waals surface area contributed by atoms with Crippen molar-refractivity contribution in [2.75, 3.05) is 5.32 Å². The van der Waals surface area contributed by atoms with Gasteiger partial charge in [0.05, 0.1) is 11.1 Å². The van der Waals surface area contributed by atoms with E-state index >= 15 is 0 Å². The zero-order chi connectivity index (χ0) is 15.4. The van der Waals surface area contributed by atoms with Gasteiger partial charge in [0.1, 0.15) is 5.82 Å². The Balaban J connectivity index is 2.18. The van der Waals surface area contributed by atoms with Crippen LogP contribution < -0.4 is 5.32 Å². The van der Waals surface area contributed by atoms with Crippen LogP contribution in [0.4, 0.5) is 5.82 Å². The van der Waals surface area contributed by atoms with Crippen molar-refractivity contribution in [3.05, 3.63) is 35.9 Å². The predicted molar refractivity (Wildman–Crippen MR) is 85.9 cm³/mol. The van der Waals surface area contributed by atoms with Crippen LogP contribution in [0.5, 0.6) is 0 Å². The van der Waals surface area contributed by atoms with E-state index in [-0.39, 0.29) is 0 Å². The first-order chi connectivity index (χ1) is 9.97. The number of aromatic carboxylic acids is 1. The number of carboxylic acids is 1. The Morgan fingerprint density at radius 1 is 1.19 bits per heavy atom. The first kappa shape index (κ1) is 15.3. The Morgan fingerprint density at radius 3 is 2.62 bits per heavy atom. The second-order valence-corrected chi connectivity index (χ2v) is 5.89. The summed E-state index contributed by atoms with van der Waals surface area (Å²) in [5, 5.41) is 13.2. The highest BCUT2D eigenvalue weighted by atomic mass is 16.4. The molecule has 2 rings (SSSR count). The minimum absolute atomic E-state index is 0.291. The first-order valence-corrected chi connectivity index (χ1v) is 7.37. The van der Waals surface area contributed by atoms with Gasteiger partial charge in [-0.05, 0) is 49.9 Å². The highest BCUT2D eigenvalue weighted by molar-refractivity contribution is 6.02. The average Bonchev–Trinajstić information content (AvgIpc) is 2.44. The molecule has 0 saturated heterocycles. The van der Waals surface area contributed by atoms with Crippen LogP contribution >= 0.6 is 0 Å². The Hall–Kier alpha value is -2.10. The van der Waals surface area contributed by atoms with Crippen molar-refractivity contribution in [2.45, 2.75) is 39.7 Å². The zero-order valence-corrected chi connectivity index (χ0v) is 12.8. The van der Waals surface area contributed by atoms with Crippen molar-refractivity contribution < 1.29 is 9.90 Å². The summed E-state index contributed by atoms with van der Waals surface area (Å²) in [5.41, 5.74) is 0.996. The minimum atomic E-state index is -0.923. The van der Waals surface area contributed by atoms with Gasteiger partial charge in [-0.25, -0.2) is 9.78 Å². The molecule has 0 radical (unpaired) electrons. The third kappa shape index (κ3) is 3.94. The van der Waals surface area contributed by atoms with E-state index in [2.05, 4.69) is 31.1 Å². The van der Waals surface area contributed by atoms with Gasteiger partial charge in [-0.2, -0.15) is 0 Å². The maximum atomic E-state index is 11.2. The lowest BCUT2D eigenvalue weighted by molar-refractivity contribution is 0.0699. The molecule has 2 aromatic rings. The molecule has 0 spiro atoms. The largest absolute Gasteiger partial charge is 0.478 e. The van der Waals surface area contributed by atoms with Crippen LogP contribution in [0.3, 0.4) is 0 Å². The Morgan fingerprint density at radius 2 is 1.95 bits per heavy atom. The smallest absolute Gasteiger partial charge is 0.336 e. The normalized spacial score (nSPS) is 12.6. The van der Waals surface area contributed by atoms with Gasteiger partial charge >= 0.3 is 5.97 Å². The second kappa shape index (κ2) is 6.57. The van der Waals surface area contributed by atoms with Gasteiger partial charge in [0.15, 0.2) is 0 Å². The quantitative estimate of drug-likeness (QED) is 0.836. The highest BCUT2D eigenvalue weighted by Gasteiger charge is 2.10. The molecular formula is C17H22N2O2. The molecule has 2 N–H and O–H groups in total. The first-order valence-electron chi connectivity index (χ1n) is 7.37. The molecule has 21 heavy (non-hydrogen) atoms. The highest BCUT2D eigenvalue weighted by Crippen LogP contribution is 2.20. The van der Waals surface area contributed by atoms with Gasteiger partial charge in [-0.1, -0.05) is 19.9 Å². The summed E-state index contributed by atoms with van der Waals surface area (Å²) < 4.78 is 0. The number of pyridine rings is 1. The number of fused-ring (bicyclic) bond motifs is 1. The molecule has 0 aliphatic rings. The van der Waals surface area contributed by atoms with Crippen LogP contribution in [0.2, 0.25) is 0 Å². The summed E-state index contributed by atoms with van der Waals surface area (Å²) in [7, 11) is 0. The average molecular weight is 286 g/mol. The van der Waals surface area contributed by atoms with Crippen molar-refractivity contribution >= 4 is 22.7 Å². The molecule has 1 aromatic carbocycles. The van der Waals surface area contributed by atoms with Crippen LogP contribution in [-0.2, 0) is 0 Å². The van der Waals surface area contributed by atoms with Crippen LogP contribution in [0, 0.1) is 5.92 Å². The van der Waals surface area contributed by atoms with Crippen molar-refractivity contribution in [1.82, 2.24) is 4.98 Å². The number of benzene rings is 1. The molecule has 0 aliphatic heterocycles. The maximum Gasteiger partial charge on any atom is 0.336 e. The maximum absolute atomic E-state index is 11.2. The number of anilines is 1. The van der Waals surface area contributed by atoms with Gasteiger partial charge < -0.3 is 10.4 Å². The molecule has 1 aromatic heterocycles. The zero-order valence-electron chi connectivity index (χ0n) is 12.8. The van der Waals surface area contributed by atoms with E-state index in [1.165, 1.54) is 6.42 Å². The SMILES string of the molecule is CC(C)CCC(C)Nc1ccc2c(C(=O)O)cccc2n1. The molecule has 0 fully saturated rings. The lowest BCUT2D eigenvalue weighted by atomic mass is 10.0. The van der Waals surface area contributed by atoms with E-state index in [9.17, 15) is 9.90 Å². The van der Waals surface area contributed by atoms with Crippen LogP contribution in [0.1, 0.15) is 44.0 Å². The van der Waals surface area contributed by atoms with Gasteiger partial charge in [-0.3, -0.25) is 0 Å². The third-order valence-electron chi connectivity index (χ3n) is 3.53. The summed E-state index contributed by atoms with van der Waals surface area (Å²) in [6.45, 7) is 6.57. The molecule has 0 aliphatic carbocycles. The number of hydrogen-bond donors (Lipinski definition) is 2. The molecule has 0 amide bonds. The Labute approximate surface area is 125 Å². The molecule has 4 nitrogen and oxygen atoms in total. The van der Waals surface area contributed by atoms with Gasteiger partial charge in [0, 0.05) is 11.4 Å². The van der Waals surface area contributed by atoms with Gasteiger partial charge in [0.2, 0.25) is 0 Å². The number of nitrogens with one attached hydrogen (secondary N) is 1. The van der Waals surface area contributed by atoms with Crippen LogP contribution in [-0.4, -0.2) is 22.1 Å². The van der Waals surface area contributed by atoms with E-state index in [1.54, 1.807) is 12.1 Å². The third-order valence-corrected chi connectivity index (χ3v) is 3.53. The fourth-order valence-corrected chi connectivity index (χ4v) is 2.33. The number of aromatic nitrogens is 1. The summed E-state index contributed by atoms with van der Waals surface area (Å²) in [4.78, 5) is 15.7. The van der Waals surface area contributed by atoms with E-state index in [1.807, 2.05) is 18.2 Å². The lowest BCUT2D eigenvalue weighted by Crippen LogP contribution is -2.16. The fraction of sp³-hybridized carbons (Fsp3) is 0.412. The fourth-order valence-electron chi connectivity index (χ4n) is 2.33. The molecule has 1 atom stereocenters. The molecule has 0 bridgehead atoms. The van der Waals surface area contributed by atoms with E-state index < -0.39 is 5.97 Å². The molecule has 1 heterocycles. The predicted octanol–water partition coefficient (Wildman–Crippen LogP) is 4.17. The van der Waals surface area contributed by atoms with E-state index in [0.29, 0.717) is 28.4 Å². The number of carboxylic acid groups (broad SMARTS) is 1. The molecule has 112 valence electrons. The molecule has 0 saturated carbocycles. The van der Waals surface area contributed by atoms with E-state index in [4.69, 9.17) is 0 Å². The van der Waals surface area contributed by atoms with Crippen molar-refractivity contribution in [2.24, 2.45) is 5.92 Å². The number of carbonyl (C=O) groups is 1. The summed E-state index contributed by atoms with van der Waals surface area (Å²) in [6, 6.07) is 9.19. The molecular weight excluding hydrogens is 264 g/mol.